The van der Waals surface area contributed by atoms with Crippen LogP contribution in [0.2, 0.25) is 0 Å². The third kappa shape index (κ3) is 1.05. The highest BCUT2D eigenvalue weighted by molar-refractivity contribution is 7.14. The Hall–Kier alpha value is -0.830. The number of hydrogen-bond acceptors (Lipinski definition) is 3. The van der Waals surface area contributed by atoms with Crippen molar-refractivity contribution in [2.24, 2.45) is 0 Å². The van der Waals surface area contributed by atoms with Crippen LogP contribution < -0.4 is 0 Å². The molecule has 0 spiro atoms. The van der Waals surface area contributed by atoms with E-state index in [4.69, 9.17) is 0 Å². The van der Waals surface area contributed by atoms with Gasteiger partial charge in [0, 0.05) is 10.4 Å². The molecule has 0 radical (unpaired) electrons. The summed E-state index contributed by atoms with van der Waals surface area (Å²) in [6, 6.07) is 0. The van der Waals surface area contributed by atoms with Crippen molar-refractivity contribution in [3.8, 4) is 5.75 Å². The minimum absolute atomic E-state index is 0.240. The molecule has 2 nitrogen and oxygen atoms in total. The number of carbonyl (C=O) groups excluding carboxylic acids is 1. The summed E-state index contributed by atoms with van der Waals surface area (Å²) >= 11 is 1.44. The highest BCUT2D eigenvalue weighted by Crippen LogP contribution is 2.37. The molecule has 0 atom stereocenters. The molecule has 1 aromatic rings. The van der Waals surface area contributed by atoms with Crippen molar-refractivity contribution < 1.29 is 9.90 Å². The first-order valence-electron chi connectivity index (χ1n) is 4.11. The Labute approximate surface area is 74.8 Å². The minimum atomic E-state index is 0.240. The quantitative estimate of drug-likeness (QED) is 0.676. The average Bonchev–Trinajstić information content (AvgIpc) is 2.44. The van der Waals surface area contributed by atoms with Crippen LogP contribution in [0.1, 0.15) is 33.0 Å². The predicted octanol–water partition coefficient (Wildman–Crippen LogP) is 2.14. The van der Waals surface area contributed by atoms with Gasteiger partial charge in [-0.15, -0.1) is 11.3 Å². The van der Waals surface area contributed by atoms with E-state index in [0.29, 0.717) is 4.88 Å². The molecule has 1 heterocycles. The SMILES string of the molecule is O=Cc1sc2c(c1O)CCCC2. The van der Waals surface area contributed by atoms with Crippen molar-refractivity contribution in [2.45, 2.75) is 25.7 Å². The number of fused-ring (bicyclic) bond motifs is 1. The Morgan fingerprint density at radius 2 is 2.08 bits per heavy atom. The zero-order valence-corrected chi connectivity index (χ0v) is 7.49. The normalized spacial score (nSPS) is 15.7. The first kappa shape index (κ1) is 7.80. The van der Waals surface area contributed by atoms with Gasteiger partial charge in [-0.3, -0.25) is 4.79 Å². The van der Waals surface area contributed by atoms with Gasteiger partial charge >= 0.3 is 0 Å². The Morgan fingerprint density at radius 1 is 1.33 bits per heavy atom. The highest BCUT2D eigenvalue weighted by atomic mass is 32.1. The standard InChI is InChI=1S/C9H10O2S/c10-5-8-9(11)6-3-1-2-4-7(6)12-8/h5,11H,1-4H2. The second kappa shape index (κ2) is 2.90. The fraction of sp³-hybridized carbons (Fsp3) is 0.444. The van der Waals surface area contributed by atoms with Gasteiger partial charge in [-0.1, -0.05) is 0 Å². The molecule has 0 saturated heterocycles. The number of aryl methyl sites for hydroxylation is 1. The monoisotopic (exact) mass is 182 g/mol. The van der Waals surface area contributed by atoms with Gasteiger partial charge in [0.05, 0.1) is 0 Å². The fourth-order valence-corrected chi connectivity index (χ4v) is 2.75. The van der Waals surface area contributed by atoms with E-state index in [1.807, 2.05) is 0 Å². The molecule has 1 N–H and O–H groups in total. The molecule has 12 heavy (non-hydrogen) atoms. The molecule has 3 heteroatoms. The highest BCUT2D eigenvalue weighted by Gasteiger charge is 2.19. The molecule has 0 amide bonds. The second-order valence-corrected chi connectivity index (χ2v) is 4.18. The van der Waals surface area contributed by atoms with Crippen molar-refractivity contribution >= 4 is 17.6 Å². The third-order valence-electron chi connectivity index (χ3n) is 2.28. The number of aldehydes is 1. The lowest BCUT2D eigenvalue weighted by Gasteiger charge is -2.09. The van der Waals surface area contributed by atoms with Gasteiger partial charge in [0.1, 0.15) is 10.6 Å². The van der Waals surface area contributed by atoms with E-state index >= 15 is 0 Å². The number of carbonyl (C=O) groups is 1. The lowest BCUT2D eigenvalue weighted by molar-refractivity contribution is 0.112. The minimum Gasteiger partial charge on any atom is -0.506 e. The summed E-state index contributed by atoms with van der Waals surface area (Å²) in [6.45, 7) is 0. The van der Waals surface area contributed by atoms with Crippen LogP contribution in [0.3, 0.4) is 0 Å². The van der Waals surface area contributed by atoms with Crippen molar-refractivity contribution in [1.82, 2.24) is 0 Å². The van der Waals surface area contributed by atoms with Gasteiger partial charge in [-0.25, -0.2) is 0 Å². The summed E-state index contributed by atoms with van der Waals surface area (Å²) in [5.74, 6) is 0.240. The summed E-state index contributed by atoms with van der Waals surface area (Å²) in [5.41, 5.74) is 1.02. The van der Waals surface area contributed by atoms with E-state index in [0.717, 1.165) is 31.1 Å². The molecule has 0 aliphatic heterocycles. The van der Waals surface area contributed by atoms with E-state index in [2.05, 4.69) is 0 Å². The molecule has 0 saturated carbocycles. The van der Waals surface area contributed by atoms with Crippen molar-refractivity contribution in [3.05, 3.63) is 15.3 Å². The number of rotatable bonds is 1. The summed E-state index contributed by atoms with van der Waals surface area (Å²) in [5, 5.41) is 9.55. The van der Waals surface area contributed by atoms with Crippen molar-refractivity contribution in [2.75, 3.05) is 0 Å². The van der Waals surface area contributed by atoms with Crippen molar-refractivity contribution in [1.29, 1.82) is 0 Å². The fourth-order valence-electron chi connectivity index (χ4n) is 1.65. The van der Waals surface area contributed by atoms with E-state index in [9.17, 15) is 9.90 Å². The largest absolute Gasteiger partial charge is 0.506 e. The first-order chi connectivity index (χ1) is 5.83. The Balaban J connectivity index is 2.51. The van der Waals surface area contributed by atoms with Gasteiger partial charge in [0.2, 0.25) is 0 Å². The van der Waals surface area contributed by atoms with Gasteiger partial charge in [0.15, 0.2) is 6.29 Å². The molecule has 0 bridgehead atoms. The molecule has 0 fully saturated rings. The maximum Gasteiger partial charge on any atom is 0.163 e. The molecular weight excluding hydrogens is 172 g/mol. The molecule has 0 aromatic carbocycles. The third-order valence-corrected chi connectivity index (χ3v) is 3.48. The predicted molar refractivity (Wildman–Crippen MR) is 48.0 cm³/mol. The molecule has 2 rings (SSSR count). The topological polar surface area (TPSA) is 37.3 Å². The smallest absolute Gasteiger partial charge is 0.163 e. The summed E-state index contributed by atoms with van der Waals surface area (Å²) in [7, 11) is 0. The summed E-state index contributed by atoms with van der Waals surface area (Å²) in [4.78, 5) is 12.2. The molecule has 0 unspecified atom stereocenters. The van der Waals surface area contributed by atoms with E-state index in [1.54, 1.807) is 0 Å². The number of thiophene rings is 1. The van der Waals surface area contributed by atoms with Crippen LogP contribution >= 0.6 is 11.3 Å². The van der Waals surface area contributed by atoms with Gasteiger partial charge < -0.3 is 5.11 Å². The molecule has 1 aliphatic rings. The van der Waals surface area contributed by atoms with Gasteiger partial charge in [-0.05, 0) is 25.7 Å². The van der Waals surface area contributed by atoms with Crippen LogP contribution in [0.5, 0.6) is 5.75 Å². The van der Waals surface area contributed by atoms with Crippen LogP contribution in [-0.2, 0) is 12.8 Å². The Kier molecular flexibility index (Phi) is 1.89. The van der Waals surface area contributed by atoms with Crippen LogP contribution in [0.4, 0.5) is 0 Å². The second-order valence-electron chi connectivity index (χ2n) is 3.04. The molecule has 64 valence electrons. The zero-order valence-electron chi connectivity index (χ0n) is 6.67. The van der Waals surface area contributed by atoms with Crippen LogP contribution in [0.25, 0.3) is 0 Å². The summed E-state index contributed by atoms with van der Waals surface area (Å²) < 4.78 is 0. The van der Waals surface area contributed by atoms with E-state index in [-0.39, 0.29) is 5.75 Å². The van der Waals surface area contributed by atoms with Crippen LogP contribution in [0, 0.1) is 0 Å². The van der Waals surface area contributed by atoms with Crippen LogP contribution in [0.15, 0.2) is 0 Å². The summed E-state index contributed by atoms with van der Waals surface area (Å²) in [6.07, 6.45) is 5.03. The number of hydrogen-bond donors (Lipinski definition) is 1. The van der Waals surface area contributed by atoms with E-state index < -0.39 is 0 Å². The lowest BCUT2D eigenvalue weighted by atomic mass is 9.98. The van der Waals surface area contributed by atoms with Gasteiger partial charge in [0.25, 0.3) is 0 Å². The Bertz CT molecular complexity index is 315. The number of aromatic hydroxyl groups is 1. The molecule has 1 aliphatic carbocycles. The maximum absolute atomic E-state index is 10.5. The first-order valence-corrected chi connectivity index (χ1v) is 4.93. The van der Waals surface area contributed by atoms with Crippen molar-refractivity contribution in [3.63, 3.8) is 0 Å². The van der Waals surface area contributed by atoms with Crippen LogP contribution in [-0.4, -0.2) is 11.4 Å². The van der Waals surface area contributed by atoms with E-state index in [1.165, 1.54) is 22.6 Å². The lowest BCUT2D eigenvalue weighted by Crippen LogP contribution is -1.97. The maximum atomic E-state index is 10.5. The molecular formula is C9H10O2S. The molecule has 1 aromatic heterocycles. The average molecular weight is 182 g/mol. The Morgan fingerprint density at radius 3 is 2.75 bits per heavy atom. The van der Waals surface area contributed by atoms with Gasteiger partial charge in [-0.2, -0.15) is 0 Å². The zero-order chi connectivity index (χ0) is 8.55.